The van der Waals surface area contributed by atoms with Crippen LogP contribution in [0.15, 0.2) is 113 Å². The van der Waals surface area contributed by atoms with Crippen molar-refractivity contribution in [3.8, 4) is 0 Å². The van der Waals surface area contributed by atoms with E-state index in [1.54, 1.807) is 24.3 Å². The summed E-state index contributed by atoms with van der Waals surface area (Å²) >= 11 is 0. The fourth-order valence-corrected chi connectivity index (χ4v) is 2.95. The number of carboxylic acids is 1. The maximum absolute atomic E-state index is 11.3. The van der Waals surface area contributed by atoms with Crippen molar-refractivity contribution in [1.29, 1.82) is 0 Å². The molecule has 0 aliphatic rings. The van der Waals surface area contributed by atoms with E-state index in [9.17, 15) is 9.90 Å². The maximum atomic E-state index is 11.3. The second-order valence-corrected chi connectivity index (χ2v) is 6.45. The standard InChI is InChI=1S/C25H21N3O2/c1-18(15-23(17-27-26)21-13-8-14-22(16-21)25(29)30)28-24(19-9-4-2-5-10-19)20-11-6-3-7-12-20/h2-17H,1,26H2,(H,29,30)/b23-15+,27-17-. The van der Waals surface area contributed by atoms with Crippen molar-refractivity contribution in [1.82, 2.24) is 0 Å². The van der Waals surface area contributed by atoms with Gasteiger partial charge in [0.25, 0.3) is 0 Å². The van der Waals surface area contributed by atoms with Crippen molar-refractivity contribution >= 4 is 23.5 Å². The molecule has 30 heavy (non-hydrogen) atoms. The third-order valence-electron chi connectivity index (χ3n) is 4.33. The van der Waals surface area contributed by atoms with Gasteiger partial charge in [-0.15, -0.1) is 0 Å². The Bertz CT molecular complexity index is 1090. The van der Waals surface area contributed by atoms with E-state index in [2.05, 4.69) is 11.7 Å². The third kappa shape index (κ3) is 5.17. The van der Waals surface area contributed by atoms with Gasteiger partial charge in [-0.25, -0.2) is 9.79 Å². The number of nitrogens with zero attached hydrogens (tertiary/aromatic N) is 2. The third-order valence-corrected chi connectivity index (χ3v) is 4.33. The molecule has 0 unspecified atom stereocenters. The molecule has 3 aromatic carbocycles. The minimum absolute atomic E-state index is 0.173. The number of hydrazone groups is 1. The Morgan fingerprint density at radius 1 is 0.833 bits per heavy atom. The van der Waals surface area contributed by atoms with Crippen LogP contribution in [0.3, 0.4) is 0 Å². The Labute approximate surface area is 175 Å². The number of hydrogen-bond acceptors (Lipinski definition) is 4. The molecule has 0 heterocycles. The first kappa shape index (κ1) is 20.5. The molecule has 0 aliphatic heterocycles. The van der Waals surface area contributed by atoms with E-state index < -0.39 is 5.97 Å². The molecule has 0 aromatic heterocycles. The lowest BCUT2D eigenvalue weighted by atomic mass is 10.0. The van der Waals surface area contributed by atoms with Crippen molar-refractivity contribution < 1.29 is 9.90 Å². The van der Waals surface area contributed by atoms with Crippen LogP contribution in [-0.4, -0.2) is 23.0 Å². The lowest BCUT2D eigenvalue weighted by Crippen LogP contribution is -2.03. The van der Waals surface area contributed by atoms with E-state index in [0.717, 1.165) is 16.8 Å². The van der Waals surface area contributed by atoms with E-state index in [-0.39, 0.29) is 5.56 Å². The molecule has 5 heteroatoms. The van der Waals surface area contributed by atoms with Crippen LogP contribution in [0.4, 0.5) is 0 Å². The number of hydrogen-bond donors (Lipinski definition) is 2. The fourth-order valence-electron chi connectivity index (χ4n) is 2.95. The summed E-state index contributed by atoms with van der Waals surface area (Å²) in [5.41, 5.74) is 4.61. The summed E-state index contributed by atoms with van der Waals surface area (Å²) in [5, 5.41) is 12.9. The lowest BCUT2D eigenvalue weighted by Gasteiger charge is -2.09. The van der Waals surface area contributed by atoms with Crippen LogP contribution >= 0.6 is 0 Å². The highest BCUT2D eigenvalue weighted by molar-refractivity contribution is 6.14. The van der Waals surface area contributed by atoms with E-state index in [1.807, 2.05) is 60.7 Å². The molecule has 0 aliphatic carbocycles. The zero-order chi connectivity index (χ0) is 21.3. The molecule has 0 radical (unpaired) electrons. The van der Waals surface area contributed by atoms with E-state index in [1.165, 1.54) is 12.3 Å². The minimum Gasteiger partial charge on any atom is -0.478 e. The van der Waals surface area contributed by atoms with Gasteiger partial charge in [-0.3, -0.25) is 0 Å². The molecule has 0 fully saturated rings. The van der Waals surface area contributed by atoms with Gasteiger partial charge in [0.15, 0.2) is 0 Å². The van der Waals surface area contributed by atoms with Gasteiger partial charge < -0.3 is 10.9 Å². The predicted molar refractivity (Wildman–Crippen MR) is 122 cm³/mol. The van der Waals surface area contributed by atoms with Crippen LogP contribution in [0.5, 0.6) is 0 Å². The quantitative estimate of drug-likeness (QED) is 0.262. The summed E-state index contributed by atoms with van der Waals surface area (Å²) in [6.45, 7) is 4.07. The monoisotopic (exact) mass is 395 g/mol. The summed E-state index contributed by atoms with van der Waals surface area (Å²) in [7, 11) is 0. The minimum atomic E-state index is -1.01. The largest absolute Gasteiger partial charge is 0.478 e. The first-order valence-corrected chi connectivity index (χ1v) is 9.25. The van der Waals surface area contributed by atoms with Crippen LogP contribution in [0, 0.1) is 0 Å². The van der Waals surface area contributed by atoms with Gasteiger partial charge in [-0.2, -0.15) is 5.10 Å². The fraction of sp³-hybridized carbons (Fsp3) is 0. The SMILES string of the molecule is C=C(/C=C(\C=N/N)c1cccc(C(=O)O)c1)N=C(c1ccccc1)c1ccccc1. The van der Waals surface area contributed by atoms with Gasteiger partial charge in [-0.1, -0.05) is 79.4 Å². The molecule has 0 saturated carbocycles. The Morgan fingerprint density at radius 2 is 1.37 bits per heavy atom. The smallest absolute Gasteiger partial charge is 0.335 e. The highest BCUT2D eigenvalue weighted by Crippen LogP contribution is 2.19. The number of aromatic carboxylic acids is 1. The van der Waals surface area contributed by atoms with E-state index in [4.69, 9.17) is 10.8 Å². The Hall–Kier alpha value is -4.25. The molecule has 3 aromatic rings. The lowest BCUT2D eigenvalue weighted by molar-refractivity contribution is 0.0697. The molecule has 0 amide bonds. The molecular weight excluding hydrogens is 374 g/mol. The van der Waals surface area contributed by atoms with Crippen LogP contribution in [-0.2, 0) is 0 Å². The Morgan fingerprint density at radius 3 is 1.90 bits per heavy atom. The van der Waals surface area contributed by atoms with Crippen LogP contribution in [0.25, 0.3) is 5.57 Å². The van der Waals surface area contributed by atoms with Crippen LogP contribution < -0.4 is 5.84 Å². The van der Waals surface area contributed by atoms with Crippen LogP contribution in [0.2, 0.25) is 0 Å². The molecule has 0 saturated heterocycles. The first-order chi connectivity index (χ1) is 14.6. The highest BCUT2D eigenvalue weighted by Gasteiger charge is 2.09. The maximum Gasteiger partial charge on any atom is 0.335 e. The number of carboxylic acid groups (broad SMARTS) is 1. The number of nitrogens with two attached hydrogens (primary N) is 1. The second kappa shape index (κ2) is 9.80. The average molecular weight is 395 g/mol. The van der Waals surface area contributed by atoms with Gasteiger partial charge in [0, 0.05) is 16.7 Å². The summed E-state index contributed by atoms with van der Waals surface area (Å²) in [5.74, 6) is 4.36. The van der Waals surface area contributed by atoms with Gasteiger partial charge in [0.2, 0.25) is 0 Å². The topological polar surface area (TPSA) is 88.0 Å². The summed E-state index contributed by atoms with van der Waals surface area (Å²) in [6, 6.07) is 26.2. The molecule has 0 bridgehead atoms. The van der Waals surface area contributed by atoms with Crippen molar-refractivity contribution in [2.75, 3.05) is 0 Å². The predicted octanol–water partition coefficient (Wildman–Crippen LogP) is 4.76. The molecular formula is C25H21N3O2. The molecule has 0 atom stereocenters. The summed E-state index contributed by atoms with van der Waals surface area (Å²) in [4.78, 5) is 16.0. The summed E-state index contributed by atoms with van der Waals surface area (Å²) in [6.07, 6.45) is 3.18. The molecule has 0 spiro atoms. The van der Waals surface area contributed by atoms with Crippen LogP contribution in [0.1, 0.15) is 27.0 Å². The normalized spacial score (nSPS) is 11.3. The zero-order valence-electron chi connectivity index (χ0n) is 16.3. The van der Waals surface area contributed by atoms with E-state index in [0.29, 0.717) is 16.8 Å². The molecule has 3 rings (SSSR count). The zero-order valence-corrected chi connectivity index (χ0v) is 16.3. The van der Waals surface area contributed by atoms with Gasteiger partial charge >= 0.3 is 5.97 Å². The summed E-state index contributed by atoms with van der Waals surface area (Å²) < 4.78 is 0. The molecule has 148 valence electrons. The second-order valence-electron chi connectivity index (χ2n) is 6.45. The number of rotatable bonds is 7. The van der Waals surface area contributed by atoms with Crippen molar-refractivity contribution in [2.45, 2.75) is 0 Å². The van der Waals surface area contributed by atoms with Crippen molar-refractivity contribution in [3.63, 3.8) is 0 Å². The van der Waals surface area contributed by atoms with Gasteiger partial charge in [-0.05, 0) is 23.8 Å². The molecule has 5 nitrogen and oxygen atoms in total. The number of allylic oxidation sites excluding steroid dienone is 2. The van der Waals surface area contributed by atoms with E-state index >= 15 is 0 Å². The first-order valence-electron chi connectivity index (χ1n) is 9.25. The Balaban J connectivity index is 2.04. The molecule has 3 N–H and O–H groups in total. The highest BCUT2D eigenvalue weighted by atomic mass is 16.4. The van der Waals surface area contributed by atoms with Gasteiger partial charge in [0.05, 0.1) is 23.2 Å². The van der Waals surface area contributed by atoms with Crippen molar-refractivity contribution in [2.24, 2.45) is 15.9 Å². The number of benzene rings is 3. The van der Waals surface area contributed by atoms with Gasteiger partial charge in [0.1, 0.15) is 0 Å². The Kier molecular flexibility index (Phi) is 6.69. The van der Waals surface area contributed by atoms with Crippen molar-refractivity contribution in [3.05, 3.63) is 126 Å². The number of carbonyl (C=O) groups is 1. The average Bonchev–Trinajstić information content (AvgIpc) is 2.78. The number of aliphatic imine (C=N–C) groups is 1.